The lowest BCUT2D eigenvalue weighted by Gasteiger charge is -2.35. The van der Waals surface area contributed by atoms with Gasteiger partial charge in [-0.2, -0.15) is 0 Å². The molecule has 0 radical (unpaired) electrons. The van der Waals surface area contributed by atoms with Crippen molar-refractivity contribution in [3.05, 3.63) is 58.1 Å². The van der Waals surface area contributed by atoms with E-state index in [2.05, 4.69) is 10.3 Å². The van der Waals surface area contributed by atoms with Gasteiger partial charge in [-0.25, -0.2) is 4.98 Å². The van der Waals surface area contributed by atoms with Crippen molar-refractivity contribution in [2.24, 2.45) is 0 Å². The minimum Gasteiger partial charge on any atom is -0.382 e. The lowest BCUT2D eigenvalue weighted by atomic mass is 10.1. The zero-order valence-electron chi connectivity index (χ0n) is 20.5. The molecule has 1 aliphatic heterocycles. The average molecular weight is 495 g/mol. The molecule has 1 aliphatic rings. The van der Waals surface area contributed by atoms with Gasteiger partial charge >= 0.3 is 0 Å². The molecule has 1 aromatic heterocycles. The highest BCUT2D eigenvalue weighted by atomic mass is 16.6. The fourth-order valence-corrected chi connectivity index (χ4v) is 4.38. The fourth-order valence-electron chi connectivity index (χ4n) is 4.38. The van der Waals surface area contributed by atoms with Crippen LogP contribution in [-0.2, 0) is 16.1 Å². The maximum absolute atomic E-state index is 13.1. The van der Waals surface area contributed by atoms with Gasteiger partial charge in [0.2, 0.25) is 11.9 Å². The number of benzene rings is 2. The van der Waals surface area contributed by atoms with Gasteiger partial charge in [0.05, 0.1) is 16.0 Å². The highest BCUT2D eigenvalue weighted by molar-refractivity contribution is 6.05. The molecule has 0 bridgehead atoms. The number of imidazole rings is 1. The van der Waals surface area contributed by atoms with Crippen molar-refractivity contribution in [1.29, 1.82) is 0 Å². The van der Waals surface area contributed by atoms with Crippen molar-refractivity contribution in [3.8, 4) is 0 Å². The van der Waals surface area contributed by atoms with E-state index in [0.29, 0.717) is 57.6 Å². The number of anilines is 2. The molecule has 1 saturated heterocycles. The van der Waals surface area contributed by atoms with E-state index in [1.807, 2.05) is 40.7 Å². The summed E-state index contributed by atoms with van der Waals surface area (Å²) < 4.78 is 7.36. The molecule has 4 rings (SSSR count). The number of nitro groups is 1. The molecule has 1 N–H and O–H groups in total. The van der Waals surface area contributed by atoms with Crippen LogP contribution in [0.15, 0.2) is 42.5 Å². The van der Waals surface area contributed by atoms with E-state index in [0.717, 1.165) is 17.5 Å². The monoisotopic (exact) mass is 494 g/mol. The Bertz CT molecular complexity index is 1270. The first-order valence-electron chi connectivity index (χ1n) is 12.0. The van der Waals surface area contributed by atoms with Crippen LogP contribution >= 0.6 is 0 Å². The molecule has 0 spiro atoms. The molecule has 2 amide bonds. The number of hydrogen-bond donors (Lipinski definition) is 1. The van der Waals surface area contributed by atoms with Crippen molar-refractivity contribution in [2.75, 3.05) is 49.6 Å². The van der Waals surface area contributed by atoms with Gasteiger partial charge in [-0.15, -0.1) is 0 Å². The summed E-state index contributed by atoms with van der Waals surface area (Å²) in [7, 11) is 0. The fraction of sp³-hybridized carbons (Fsp3) is 0.400. The average Bonchev–Trinajstić information content (AvgIpc) is 3.23. The maximum atomic E-state index is 13.1. The lowest BCUT2D eigenvalue weighted by Crippen LogP contribution is -2.48. The van der Waals surface area contributed by atoms with Gasteiger partial charge in [0.25, 0.3) is 11.6 Å². The van der Waals surface area contributed by atoms with Gasteiger partial charge in [0.15, 0.2) is 0 Å². The van der Waals surface area contributed by atoms with E-state index in [9.17, 15) is 19.7 Å². The highest BCUT2D eigenvalue weighted by Crippen LogP contribution is 2.30. The summed E-state index contributed by atoms with van der Waals surface area (Å²) in [5, 5.41) is 14.7. The molecular formula is C25H30N6O5. The number of piperazine rings is 1. The van der Waals surface area contributed by atoms with Gasteiger partial charge in [0.1, 0.15) is 5.69 Å². The number of nitro benzene ring substituents is 1. The van der Waals surface area contributed by atoms with Gasteiger partial charge in [0, 0.05) is 64.5 Å². The van der Waals surface area contributed by atoms with Crippen molar-refractivity contribution in [3.63, 3.8) is 0 Å². The standard InChI is InChI=1S/C25H30N6O5/c1-3-36-16-6-11-30-21-8-5-4-7-20(21)26-25(30)27-24(33)19-9-10-22(23(17-19)31(34)35)29-14-12-28(13-15-29)18(2)32/h4-5,7-10,17H,3,6,11-16H2,1-2H3,(H,26,27,33). The molecule has 1 fully saturated rings. The molecule has 36 heavy (non-hydrogen) atoms. The predicted molar refractivity (Wildman–Crippen MR) is 136 cm³/mol. The molecule has 0 unspecified atom stereocenters. The third-order valence-corrected chi connectivity index (χ3v) is 6.25. The Hall–Kier alpha value is -3.99. The van der Waals surface area contributed by atoms with Crippen LogP contribution in [0.4, 0.5) is 17.3 Å². The summed E-state index contributed by atoms with van der Waals surface area (Å²) in [5.74, 6) is -0.114. The van der Waals surface area contributed by atoms with Crippen molar-refractivity contribution >= 4 is 40.2 Å². The Morgan fingerprint density at radius 1 is 1.14 bits per heavy atom. The van der Waals surface area contributed by atoms with Crippen LogP contribution in [0, 0.1) is 10.1 Å². The van der Waals surface area contributed by atoms with Gasteiger partial charge in [-0.05, 0) is 37.6 Å². The number of fused-ring (bicyclic) bond motifs is 1. The van der Waals surface area contributed by atoms with Crippen LogP contribution < -0.4 is 10.2 Å². The van der Waals surface area contributed by atoms with Crippen LogP contribution in [0.25, 0.3) is 11.0 Å². The third-order valence-electron chi connectivity index (χ3n) is 6.25. The molecule has 3 aromatic rings. The Labute approximate surface area is 208 Å². The van der Waals surface area contributed by atoms with E-state index in [4.69, 9.17) is 4.74 Å². The zero-order chi connectivity index (χ0) is 25.7. The minimum atomic E-state index is -0.480. The topological polar surface area (TPSA) is 123 Å². The van der Waals surface area contributed by atoms with Gasteiger partial charge < -0.3 is 19.1 Å². The highest BCUT2D eigenvalue weighted by Gasteiger charge is 2.26. The number of carbonyl (C=O) groups excluding carboxylic acids is 2. The minimum absolute atomic E-state index is 0.0138. The van der Waals surface area contributed by atoms with E-state index < -0.39 is 10.8 Å². The van der Waals surface area contributed by atoms with Gasteiger partial charge in [-0.3, -0.25) is 25.0 Å². The summed E-state index contributed by atoms with van der Waals surface area (Å²) >= 11 is 0. The first-order valence-corrected chi connectivity index (χ1v) is 12.0. The quantitative estimate of drug-likeness (QED) is 0.275. The number of para-hydroxylation sites is 2. The Morgan fingerprint density at radius 3 is 2.58 bits per heavy atom. The molecule has 2 heterocycles. The second-order valence-electron chi connectivity index (χ2n) is 8.53. The SMILES string of the molecule is CCOCCCn1c(NC(=O)c2ccc(N3CCN(C(C)=O)CC3)c([N+](=O)[O-])c2)nc2ccccc21. The van der Waals surface area contributed by atoms with Crippen LogP contribution in [0.1, 0.15) is 30.6 Å². The number of nitrogens with zero attached hydrogens (tertiary/aromatic N) is 5. The second kappa shape index (κ2) is 11.2. The summed E-state index contributed by atoms with van der Waals surface area (Å²) in [4.78, 5) is 44.3. The van der Waals surface area contributed by atoms with Crippen LogP contribution in [0.5, 0.6) is 0 Å². The first kappa shape index (κ1) is 25.1. The number of rotatable bonds is 9. The van der Waals surface area contributed by atoms with E-state index in [-0.39, 0.29) is 17.2 Å². The molecule has 2 aromatic carbocycles. The molecule has 0 aliphatic carbocycles. The van der Waals surface area contributed by atoms with Crippen molar-refractivity contribution < 1.29 is 19.2 Å². The van der Waals surface area contributed by atoms with Crippen molar-refractivity contribution in [1.82, 2.24) is 14.5 Å². The van der Waals surface area contributed by atoms with Crippen molar-refractivity contribution in [2.45, 2.75) is 26.8 Å². The maximum Gasteiger partial charge on any atom is 0.293 e. The molecule has 190 valence electrons. The van der Waals surface area contributed by atoms with E-state index >= 15 is 0 Å². The number of carbonyl (C=O) groups is 2. The number of amides is 2. The van der Waals surface area contributed by atoms with Gasteiger partial charge in [-0.1, -0.05) is 12.1 Å². The number of aromatic nitrogens is 2. The number of aryl methyl sites for hydroxylation is 1. The summed E-state index contributed by atoms with van der Waals surface area (Å²) in [5.41, 5.74) is 2.08. The Balaban J connectivity index is 1.55. The predicted octanol–water partition coefficient (Wildman–Crippen LogP) is 3.29. The largest absolute Gasteiger partial charge is 0.382 e. The number of hydrogen-bond acceptors (Lipinski definition) is 7. The summed E-state index contributed by atoms with van der Waals surface area (Å²) in [6, 6.07) is 12.1. The van der Waals surface area contributed by atoms with E-state index in [1.54, 1.807) is 17.0 Å². The smallest absolute Gasteiger partial charge is 0.293 e. The summed E-state index contributed by atoms with van der Waals surface area (Å²) in [6.45, 7) is 7.23. The van der Waals surface area contributed by atoms with Crippen LogP contribution in [-0.4, -0.2) is 70.6 Å². The number of nitrogens with one attached hydrogen (secondary N) is 1. The molecular weight excluding hydrogens is 464 g/mol. The first-order chi connectivity index (χ1) is 17.4. The van der Waals surface area contributed by atoms with Crippen LogP contribution in [0.3, 0.4) is 0 Å². The molecule has 0 saturated carbocycles. The molecule has 11 nitrogen and oxygen atoms in total. The van der Waals surface area contributed by atoms with E-state index in [1.165, 1.54) is 13.0 Å². The van der Waals surface area contributed by atoms with Crippen LogP contribution in [0.2, 0.25) is 0 Å². The zero-order valence-corrected chi connectivity index (χ0v) is 20.5. The second-order valence-corrected chi connectivity index (χ2v) is 8.53. The lowest BCUT2D eigenvalue weighted by molar-refractivity contribution is -0.384. The summed E-state index contributed by atoms with van der Waals surface area (Å²) in [6.07, 6.45) is 0.744. The molecule has 11 heteroatoms. The number of ether oxygens (including phenoxy) is 1. The Morgan fingerprint density at radius 2 is 1.89 bits per heavy atom. The third kappa shape index (κ3) is 5.46. The normalized spacial score (nSPS) is 13.7. The Kier molecular flexibility index (Phi) is 7.79. The molecule has 0 atom stereocenters.